The zero-order valence-corrected chi connectivity index (χ0v) is 8.18. The molecule has 2 unspecified atom stereocenters. The van der Waals surface area contributed by atoms with Crippen LogP contribution in [0, 0.1) is 5.92 Å². The third-order valence-electron chi connectivity index (χ3n) is 3.55. The van der Waals surface area contributed by atoms with Gasteiger partial charge in [-0.05, 0) is 32.1 Å². The standard InChI is InChI=1S/C11H21N/c1-9-4-2-7-11(12-9)8-10-5-3-6-10/h9-12H,2-8H2,1H3. The Labute approximate surface area is 75.9 Å². The van der Waals surface area contributed by atoms with Crippen molar-refractivity contribution in [3.63, 3.8) is 0 Å². The van der Waals surface area contributed by atoms with E-state index >= 15 is 0 Å². The first kappa shape index (κ1) is 8.55. The summed E-state index contributed by atoms with van der Waals surface area (Å²) in [6.45, 7) is 2.33. The van der Waals surface area contributed by atoms with Crippen molar-refractivity contribution in [2.75, 3.05) is 0 Å². The molecule has 0 aromatic heterocycles. The molecular weight excluding hydrogens is 146 g/mol. The summed E-state index contributed by atoms with van der Waals surface area (Å²) in [5.74, 6) is 1.08. The molecule has 0 aromatic rings. The molecule has 2 aliphatic rings. The second-order valence-electron chi connectivity index (χ2n) is 4.73. The summed E-state index contributed by atoms with van der Waals surface area (Å²) in [6.07, 6.45) is 10.2. The topological polar surface area (TPSA) is 12.0 Å². The normalized spacial score (nSPS) is 37.8. The fraction of sp³-hybridized carbons (Fsp3) is 1.00. The third kappa shape index (κ3) is 2.01. The molecule has 1 saturated heterocycles. The average molecular weight is 167 g/mol. The van der Waals surface area contributed by atoms with Gasteiger partial charge in [-0.3, -0.25) is 0 Å². The van der Waals surface area contributed by atoms with Crippen LogP contribution in [-0.2, 0) is 0 Å². The zero-order chi connectivity index (χ0) is 8.39. The summed E-state index contributed by atoms with van der Waals surface area (Å²) in [5.41, 5.74) is 0. The fourth-order valence-corrected chi connectivity index (χ4v) is 2.56. The van der Waals surface area contributed by atoms with Gasteiger partial charge < -0.3 is 5.32 Å². The predicted molar refractivity (Wildman–Crippen MR) is 52.2 cm³/mol. The molecule has 70 valence electrons. The van der Waals surface area contributed by atoms with Gasteiger partial charge in [0.2, 0.25) is 0 Å². The van der Waals surface area contributed by atoms with Gasteiger partial charge in [-0.15, -0.1) is 0 Å². The van der Waals surface area contributed by atoms with E-state index in [1.165, 1.54) is 44.9 Å². The van der Waals surface area contributed by atoms with Crippen LogP contribution in [0.4, 0.5) is 0 Å². The second-order valence-corrected chi connectivity index (χ2v) is 4.73. The van der Waals surface area contributed by atoms with Gasteiger partial charge in [0.15, 0.2) is 0 Å². The molecule has 1 nitrogen and oxygen atoms in total. The van der Waals surface area contributed by atoms with Crippen LogP contribution >= 0.6 is 0 Å². The Kier molecular flexibility index (Phi) is 2.69. The first-order valence-electron chi connectivity index (χ1n) is 5.60. The van der Waals surface area contributed by atoms with Crippen molar-refractivity contribution >= 4 is 0 Å². The number of nitrogens with one attached hydrogen (secondary N) is 1. The molecular formula is C11H21N. The van der Waals surface area contributed by atoms with Crippen LogP contribution in [0.2, 0.25) is 0 Å². The highest BCUT2D eigenvalue weighted by Gasteiger charge is 2.24. The van der Waals surface area contributed by atoms with Crippen molar-refractivity contribution in [2.24, 2.45) is 5.92 Å². The first-order valence-corrected chi connectivity index (χ1v) is 5.60. The molecule has 0 spiro atoms. The molecule has 1 saturated carbocycles. The molecule has 1 aliphatic heterocycles. The maximum Gasteiger partial charge on any atom is 0.00721 e. The van der Waals surface area contributed by atoms with Crippen LogP contribution in [0.3, 0.4) is 0 Å². The third-order valence-corrected chi connectivity index (χ3v) is 3.55. The van der Waals surface area contributed by atoms with E-state index in [1.54, 1.807) is 0 Å². The van der Waals surface area contributed by atoms with Crippen LogP contribution in [0.1, 0.15) is 51.9 Å². The van der Waals surface area contributed by atoms with E-state index in [2.05, 4.69) is 12.2 Å². The Balaban J connectivity index is 1.71. The molecule has 0 amide bonds. The summed E-state index contributed by atoms with van der Waals surface area (Å²) >= 11 is 0. The molecule has 0 bridgehead atoms. The van der Waals surface area contributed by atoms with E-state index in [1.807, 2.05) is 0 Å². The molecule has 2 rings (SSSR count). The van der Waals surface area contributed by atoms with E-state index < -0.39 is 0 Å². The molecule has 1 N–H and O–H groups in total. The van der Waals surface area contributed by atoms with E-state index in [0.717, 1.165) is 18.0 Å². The van der Waals surface area contributed by atoms with Crippen molar-refractivity contribution in [2.45, 2.75) is 64.0 Å². The van der Waals surface area contributed by atoms with Crippen molar-refractivity contribution in [3.05, 3.63) is 0 Å². The van der Waals surface area contributed by atoms with E-state index in [9.17, 15) is 0 Å². The van der Waals surface area contributed by atoms with E-state index in [-0.39, 0.29) is 0 Å². The van der Waals surface area contributed by atoms with Gasteiger partial charge in [0, 0.05) is 12.1 Å². The largest absolute Gasteiger partial charge is 0.311 e. The van der Waals surface area contributed by atoms with Gasteiger partial charge in [-0.1, -0.05) is 25.7 Å². The van der Waals surface area contributed by atoms with Gasteiger partial charge in [-0.2, -0.15) is 0 Å². The second kappa shape index (κ2) is 3.78. The van der Waals surface area contributed by atoms with Gasteiger partial charge >= 0.3 is 0 Å². The minimum Gasteiger partial charge on any atom is -0.311 e. The van der Waals surface area contributed by atoms with Crippen molar-refractivity contribution in [3.8, 4) is 0 Å². The lowest BCUT2D eigenvalue weighted by molar-refractivity contribution is 0.224. The molecule has 12 heavy (non-hydrogen) atoms. The first-order chi connectivity index (χ1) is 5.84. The number of hydrogen-bond donors (Lipinski definition) is 1. The molecule has 0 radical (unpaired) electrons. The Bertz CT molecular complexity index is 140. The summed E-state index contributed by atoms with van der Waals surface area (Å²) in [7, 11) is 0. The fourth-order valence-electron chi connectivity index (χ4n) is 2.56. The van der Waals surface area contributed by atoms with Crippen molar-refractivity contribution in [1.29, 1.82) is 0 Å². The highest BCUT2D eigenvalue weighted by Crippen LogP contribution is 2.32. The summed E-state index contributed by atoms with van der Waals surface area (Å²) in [5, 5.41) is 3.72. The monoisotopic (exact) mass is 167 g/mol. The molecule has 0 aromatic carbocycles. The predicted octanol–water partition coefficient (Wildman–Crippen LogP) is 2.71. The van der Waals surface area contributed by atoms with Gasteiger partial charge in [0.1, 0.15) is 0 Å². The Morgan fingerprint density at radius 3 is 2.42 bits per heavy atom. The van der Waals surface area contributed by atoms with E-state index in [0.29, 0.717) is 0 Å². The summed E-state index contributed by atoms with van der Waals surface area (Å²) in [6, 6.07) is 1.64. The Morgan fingerprint density at radius 2 is 1.83 bits per heavy atom. The minimum atomic E-state index is 0.781. The Morgan fingerprint density at radius 1 is 1.08 bits per heavy atom. The average Bonchev–Trinajstić information content (AvgIpc) is 1.97. The van der Waals surface area contributed by atoms with Crippen LogP contribution in [0.15, 0.2) is 0 Å². The highest BCUT2D eigenvalue weighted by atomic mass is 15.0. The molecule has 1 aliphatic carbocycles. The Hall–Kier alpha value is -0.0400. The lowest BCUT2D eigenvalue weighted by Crippen LogP contribution is -2.42. The van der Waals surface area contributed by atoms with Crippen molar-refractivity contribution in [1.82, 2.24) is 5.32 Å². The van der Waals surface area contributed by atoms with Gasteiger partial charge in [0.05, 0.1) is 0 Å². The molecule has 2 fully saturated rings. The zero-order valence-electron chi connectivity index (χ0n) is 8.18. The SMILES string of the molecule is CC1CCCC(CC2CCC2)N1. The van der Waals surface area contributed by atoms with Crippen LogP contribution in [-0.4, -0.2) is 12.1 Å². The maximum absolute atomic E-state index is 3.72. The lowest BCUT2D eigenvalue weighted by atomic mass is 9.79. The quantitative estimate of drug-likeness (QED) is 0.667. The van der Waals surface area contributed by atoms with Crippen LogP contribution in [0.25, 0.3) is 0 Å². The van der Waals surface area contributed by atoms with Crippen molar-refractivity contribution < 1.29 is 0 Å². The van der Waals surface area contributed by atoms with E-state index in [4.69, 9.17) is 0 Å². The summed E-state index contributed by atoms with van der Waals surface area (Å²) < 4.78 is 0. The minimum absolute atomic E-state index is 0.781. The van der Waals surface area contributed by atoms with Crippen LogP contribution < -0.4 is 5.32 Å². The highest BCUT2D eigenvalue weighted by molar-refractivity contribution is 4.82. The number of rotatable bonds is 2. The van der Waals surface area contributed by atoms with Gasteiger partial charge in [-0.25, -0.2) is 0 Å². The number of hydrogen-bond acceptors (Lipinski definition) is 1. The van der Waals surface area contributed by atoms with Crippen LogP contribution in [0.5, 0.6) is 0 Å². The smallest absolute Gasteiger partial charge is 0.00721 e. The molecule has 1 heteroatoms. The number of piperidine rings is 1. The molecule has 1 heterocycles. The maximum atomic E-state index is 3.72. The molecule has 2 atom stereocenters. The van der Waals surface area contributed by atoms with Gasteiger partial charge in [0.25, 0.3) is 0 Å². The lowest BCUT2D eigenvalue weighted by Gasteiger charge is -2.34. The summed E-state index contributed by atoms with van der Waals surface area (Å²) in [4.78, 5) is 0.